The van der Waals surface area contributed by atoms with E-state index in [0.717, 1.165) is 19.6 Å². The van der Waals surface area contributed by atoms with Crippen LogP contribution in [0.15, 0.2) is 0 Å². The second kappa shape index (κ2) is 10.9. The van der Waals surface area contributed by atoms with E-state index in [4.69, 9.17) is 9.47 Å². The first kappa shape index (κ1) is 11.9. The van der Waals surface area contributed by atoms with Crippen molar-refractivity contribution in [3.63, 3.8) is 0 Å². The highest BCUT2D eigenvalue weighted by Crippen LogP contribution is 1.95. The molecule has 2 nitrogen and oxygen atoms in total. The molecule has 1 heterocycles. The maximum atomic E-state index is 4.85. The quantitative estimate of drug-likeness (QED) is 0.612. The fourth-order valence-corrected chi connectivity index (χ4v) is 0.940. The smallest absolute Gasteiger partial charge is 0.146 e. The van der Waals surface area contributed by atoms with Gasteiger partial charge in [0, 0.05) is 0 Å². The molecule has 1 fully saturated rings. The lowest BCUT2D eigenvalue weighted by atomic mass is 10.2. The van der Waals surface area contributed by atoms with Crippen LogP contribution in [0.25, 0.3) is 0 Å². The molecular formula is C10H22O2. The first-order valence-corrected chi connectivity index (χ1v) is 5.07. The van der Waals surface area contributed by atoms with Gasteiger partial charge in [-0.25, -0.2) is 0 Å². The van der Waals surface area contributed by atoms with E-state index >= 15 is 0 Å². The molecule has 1 saturated heterocycles. The lowest BCUT2D eigenvalue weighted by Gasteiger charge is -2.09. The average Bonchev–Trinajstić information content (AvgIpc) is 2.18. The highest BCUT2D eigenvalue weighted by atomic mass is 16.7. The number of unbranched alkanes of at least 4 members (excludes halogenated alkanes) is 3. The van der Waals surface area contributed by atoms with Crippen LogP contribution in [0.4, 0.5) is 0 Å². The molecule has 12 heavy (non-hydrogen) atoms. The predicted octanol–water partition coefficient (Wildman–Crippen LogP) is 2.97. The zero-order valence-electron chi connectivity index (χ0n) is 8.47. The summed E-state index contributed by atoms with van der Waals surface area (Å²) in [6.45, 7) is 6.71. The molecule has 0 saturated carbocycles. The van der Waals surface area contributed by atoms with Crippen LogP contribution in [0.2, 0.25) is 0 Å². The molecule has 0 radical (unpaired) electrons. The third-order valence-corrected chi connectivity index (χ3v) is 1.70. The molecular weight excluding hydrogens is 152 g/mol. The van der Waals surface area contributed by atoms with E-state index < -0.39 is 0 Å². The van der Waals surface area contributed by atoms with Crippen molar-refractivity contribution >= 4 is 0 Å². The molecule has 0 aromatic rings. The highest BCUT2D eigenvalue weighted by Gasteiger charge is 1.94. The molecule has 0 N–H and O–H groups in total. The van der Waals surface area contributed by atoms with Crippen molar-refractivity contribution in [3.05, 3.63) is 0 Å². The first-order valence-electron chi connectivity index (χ1n) is 5.07. The van der Waals surface area contributed by atoms with E-state index in [2.05, 4.69) is 13.8 Å². The summed E-state index contributed by atoms with van der Waals surface area (Å²) in [5.74, 6) is 0. The second-order valence-electron chi connectivity index (χ2n) is 3.00. The molecule has 0 aromatic heterocycles. The predicted molar refractivity (Wildman–Crippen MR) is 51.2 cm³/mol. The minimum atomic E-state index is 0.500. The third-order valence-electron chi connectivity index (χ3n) is 1.70. The van der Waals surface area contributed by atoms with Crippen LogP contribution < -0.4 is 0 Å². The zero-order chi connectivity index (χ0) is 9.07. The van der Waals surface area contributed by atoms with Gasteiger partial charge >= 0.3 is 0 Å². The molecule has 1 aliphatic rings. The Balaban J connectivity index is 0.000000202. The number of hydrogen-bond donors (Lipinski definition) is 0. The van der Waals surface area contributed by atoms with E-state index in [9.17, 15) is 0 Å². The van der Waals surface area contributed by atoms with Crippen LogP contribution in [-0.4, -0.2) is 20.0 Å². The summed E-state index contributed by atoms with van der Waals surface area (Å²) in [5.41, 5.74) is 0. The zero-order valence-corrected chi connectivity index (χ0v) is 8.47. The molecule has 0 bridgehead atoms. The maximum absolute atomic E-state index is 4.85. The molecule has 0 aromatic carbocycles. The average molecular weight is 174 g/mol. The molecule has 0 atom stereocenters. The van der Waals surface area contributed by atoms with E-state index in [0.29, 0.717) is 6.79 Å². The van der Waals surface area contributed by atoms with Crippen molar-refractivity contribution < 1.29 is 9.47 Å². The summed E-state index contributed by atoms with van der Waals surface area (Å²) in [7, 11) is 0. The van der Waals surface area contributed by atoms with Crippen molar-refractivity contribution in [2.45, 2.75) is 46.0 Å². The number of rotatable bonds is 3. The number of ether oxygens (including phenoxy) is 2. The SMILES string of the molecule is C1COCOC1.CCCCCC. The van der Waals surface area contributed by atoms with Gasteiger partial charge in [-0.15, -0.1) is 0 Å². The van der Waals surface area contributed by atoms with Gasteiger partial charge in [0.1, 0.15) is 6.79 Å². The van der Waals surface area contributed by atoms with Gasteiger partial charge in [0.25, 0.3) is 0 Å². The van der Waals surface area contributed by atoms with Crippen molar-refractivity contribution in [3.8, 4) is 0 Å². The van der Waals surface area contributed by atoms with Crippen LogP contribution in [0.3, 0.4) is 0 Å². The van der Waals surface area contributed by atoms with Gasteiger partial charge in [-0.05, 0) is 6.42 Å². The van der Waals surface area contributed by atoms with E-state index in [1.807, 2.05) is 0 Å². The molecule has 0 spiro atoms. The molecule has 1 rings (SSSR count). The van der Waals surface area contributed by atoms with Gasteiger partial charge in [-0.3, -0.25) is 0 Å². The monoisotopic (exact) mass is 174 g/mol. The normalized spacial score (nSPS) is 16.5. The first-order chi connectivity index (χ1) is 5.91. The summed E-state index contributed by atoms with van der Waals surface area (Å²) in [5, 5.41) is 0. The van der Waals surface area contributed by atoms with Crippen LogP contribution >= 0.6 is 0 Å². The number of hydrogen-bond acceptors (Lipinski definition) is 2. The van der Waals surface area contributed by atoms with Crippen molar-refractivity contribution in [1.82, 2.24) is 0 Å². The summed E-state index contributed by atoms with van der Waals surface area (Å²) in [6.07, 6.45) is 6.59. The Morgan fingerprint density at radius 1 is 0.917 bits per heavy atom. The fourth-order valence-electron chi connectivity index (χ4n) is 0.940. The largest absolute Gasteiger partial charge is 0.355 e. The van der Waals surface area contributed by atoms with Crippen LogP contribution in [0, 0.1) is 0 Å². The Labute approximate surface area is 76.3 Å². The van der Waals surface area contributed by atoms with Crippen molar-refractivity contribution in [2.24, 2.45) is 0 Å². The van der Waals surface area contributed by atoms with Gasteiger partial charge in [0.2, 0.25) is 0 Å². The standard InChI is InChI=1S/C6H14.C4H8O2/c1-3-5-6-4-2;1-2-5-4-6-3-1/h3-6H2,1-2H3;1-4H2. The van der Waals surface area contributed by atoms with E-state index in [1.165, 1.54) is 25.7 Å². The van der Waals surface area contributed by atoms with Crippen LogP contribution in [0.1, 0.15) is 46.0 Å². The van der Waals surface area contributed by atoms with Gasteiger partial charge in [-0.2, -0.15) is 0 Å². The summed E-state index contributed by atoms with van der Waals surface area (Å²) in [6, 6.07) is 0. The fraction of sp³-hybridized carbons (Fsp3) is 1.00. The minimum Gasteiger partial charge on any atom is -0.355 e. The maximum Gasteiger partial charge on any atom is 0.146 e. The molecule has 2 heteroatoms. The molecule has 1 aliphatic heterocycles. The van der Waals surface area contributed by atoms with E-state index in [1.54, 1.807) is 0 Å². The molecule has 0 amide bonds. The van der Waals surface area contributed by atoms with Gasteiger partial charge < -0.3 is 9.47 Å². The highest BCUT2D eigenvalue weighted by molar-refractivity contribution is 4.34. The summed E-state index contributed by atoms with van der Waals surface area (Å²) < 4.78 is 9.69. The van der Waals surface area contributed by atoms with Crippen LogP contribution in [0.5, 0.6) is 0 Å². The Morgan fingerprint density at radius 2 is 1.42 bits per heavy atom. The Hall–Kier alpha value is -0.0800. The Kier molecular flexibility index (Phi) is 10.8. The molecule has 74 valence electrons. The summed E-state index contributed by atoms with van der Waals surface area (Å²) >= 11 is 0. The Morgan fingerprint density at radius 3 is 1.58 bits per heavy atom. The summed E-state index contributed by atoms with van der Waals surface area (Å²) in [4.78, 5) is 0. The molecule has 0 aliphatic carbocycles. The topological polar surface area (TPSA) is 18.5 Å². The lowest BCUT2D eigenvalue weighted by molar-refractivity contribution is -0.0963. The van der Waals surface area contributed by atoms with Crippen LogP contribution in [-0.2, 0) is 9.47 Å². The molecule has 0 unspecified atom stereocenters. The van der Waals surface area contributed by atoms with Crippen molar-refractivity contribution in [1.29, 1.82) is 0 Å². The van der Waals surface area contributed by atoms with E-state index in [-0.39, 0.29) is 0 Å². The minimum absolute atomic E-state index is 0.500. The lowest BCUT2D eigenvalue weighted by Crippen LogP contribution is -2.11. The van der Waals surface area contributed by atoms with Gasteiger partial charge in [0.05, 0.1) is 13.2 Å². The Bertz CT molecular complexity index is 54.7. The van der Waals surface area contributed by atoms with Crippen molar-refractivity contribution in [2.75, 3.05) is 20.0 Å². The van der Waals surface area contributed by atoms with Gasteiger partial charge in [0.15, 0.2) is 0 Å². The second-order valence-corrected chi connectivity index (χ2v) is 3.00. The third kappa shape index (κ3) is 9.92. The van der Waals surface area contributed by atoms with Gasteiger partial charge in [-0.1, -0.05) is 39.5 Å².